The van der Waals surface area contributed by atoms with Crippen molar-refractivity contribution in [3.05, 3.63) is 66.2 Å². The Labute approximate surface area is 115 Å². The number of nitrogens with one attached hydrogen (secondary N) is 1. The van der Waals surface area contributed by atoms with Crippen LogP contribution in [-0.2, 0) is 0 Å². The lowest BCUT2D eigenvalue weighted by atomic mass is 10.2. The van der Waals surface area contributed by atoms with Crippen LogP contribution in [0.2, 0.25) is 0 Å². The van der Waals surface area contributed by atoms with Gasteiger partial charge in [-0.3, -0.25) is 4.79 Å². The van der Waals surface area contributed by atoms with Gasteiger partial charge in [0.25, 0.3) is 0 Å². The van der Waals surface area contributed by atoms with Gasteiger partial charge in [0.2, 0.25) is 5.78 Å². The lowest BCUT2D eigenvalue weighted by Gasteiger charge is -2.03. The molecule has 3 nitrogen and oxygen atoms in total. The molecule has 0 amide bonds. The highest BCUT2D eigenvalue weighted by atomic mass is 19.1. The molecule has 3 rings (SSSR count). The monoisotopic (exact) mass is 269 g/mol. The van der Waals surface area contributed by atoms with Crippen molar-refractivity contribution in [2.24, 2.45) is 0 Å². The number of hydrogen-bond acceptors (Lipinski definition) is 3. The van der Waals surface area contributed by atoms with E-state index in [1.165, 1.54) is 18.2 Å². The number of rotatable bonds is 4. The average Bonchev–Trinajstić information content (AvgIpc) is 2.89. The van der Waals surface area contributed by atoms with Gasteiger partial charge >= 0.3 is 0 Å². The molecule has 0 fully saturated rings. The van der Waals surface area contributed by atoms with Gasteiger partial charge in [-0.05, 0) is 36.4 Å². The number of fused-ring (bicyclic) bond motifs is 1. The van der Waals surface area contributed by atoms with Gasteiger partial charge in [0.15, 0.2) is 5.76 Å². The van der Waals surface area contributed by atoms with E-state index in [0.29, 0.717) is 11.0 Å². The number of furan rings is 1. The third-order valence-corrected chi connectivity index (χ3v) is 2.98. The van der Waals surface area contributed by atoms with Gasteiger partial charge < -0.3 is 9.73 Å². The SMILES string of the molecule is O=C(CNc1ccccc1)c1cc2cc(F)ccc2o1. The quantitative estimate of drug-likeness (QED) is 0.731. The number of Topliss-reactive ketones (excluding diaryl/α,β-unsaturated/α-hetero) is 1. The zero-order valence-electron chi connectivity index (χ0n) is 10.6. The van der Waals surface area contributed by atoms with Crippen LogP contribution >= 0.6 is 0 Å². The number of ketones is 1. The largest absolute Gasteiger partial charge is 0.453 e. The van der Waals surface area contributed by atoms with Crippen LogP contribution in [-0.4, -0.2) is 12.3 Å². The van der Waals surface area contributed by atoms with Gasteiger partial charge in [0.05, 0.1) is 6.54 Å². The fourth-order valence-electron chi connectivity index (χ4n) is 1.98. The minimum atomic E-state index is -0.347. The first-order valence-corrected chi connectivity index (χ1v) is 6.23. The van der Waals surface area contributed by atoms with E-state index in [4.69, 9.17) is 4.42 Å². The van der Waals surface area contributed by atoms with Crippen molar-refractivity contribution in [1.82, 2.24) is 0 Å². The van der Waals surface area contributed by atoms with Gasteiger partial charge in [-0.2, -0.15) is 0 Å². The molecule has 0 saturated heterocycles. The molecule has 4 heteroatoms. The lowest BCUT2D eigenvalue weighted by Crippen LogP contribution is -2.13. The maximum Gasteiger partial charge on any atom is 0.216 e. The van der Waals surface area contributed by atoms with Crippen LogP contribution in [0.5, 0.6) is 0 Å². The van der Waals surface area contributed by atoms with Gasteiger partial charge in [0, 0.05) is 11.1 Å². The Kier molecular flexibility index (Phi) is 3.21. The molecule has 0 saturated carbocycles. The highest BCUT2D eigenvalue weighted by Crippen LogP contribution is 2.20. The van der Waals surface area contributed by atoms with E-state index in [0.717, 1.165) is 5.69 Å². The highest BCUT2D eigenvalue weighted by Gasteiger charge is 2.12. The number of benzene rings is 2. The fourth-order valence-corrected chi connectivity index (χ4v) is 1.98. The molecule has 3 aromatic rings. The Bertz CT molecular complexity index is 750. The summed E-state index contributed by atoms with van der Waals surface area (Å²) in [6, 6.07) is 15.2. The summed E-state index contributed by atoms with van der Waals surface area (Å²) in [4.78, 5) is 12.0. The second-order valence-corrected chi connectivity index (χ2v) is 4.44. The van der Waals surface area contributed by atoms with Gasteiger partial charge in [-0.15, -0.1) is 0 Å². The highest BCUT2D eigenvalue weighted by molar-refractivity contribution is 5.99. The summed E-state index contributed by atoms with van der Waals surface area (Å²) < 4.78 is 18.5. The summed E-state index contributed by atoms with van der Waals surface area (Å²) in [5.74, 6) is -0.292. The summed E-state index contributed by atoms with van der Waals surface area (Å²) >= 11 is 0. The number of carbonyl (C=O) groups is 1. The van der Waals surface area contributed by atoms with Crippen LogP contribution in [0.1, 0.15) is 10.6 Å². The molecule has 20 heavy (non-hydrogen) atoms. The molecule has 0 aliphatic rings. The first kappa shape index (κ1) is 12.4. The first-order chi connectivity index (χ1) is 9.72. The zero-order valence-corrected chi connectivity index (χ0v) is 10.6. The van der Waals surface area contributed by atoms with Crippen LogP contribution in [0.4, 0.5) is 10.1 Å². The number of hydrogen-bond donors (Lipinski definition) is 1. The summed E-state index contributed by atoms with van der Waals surface area (Å²) in [7, 11) is 0. The maximum atomic E-state index is 13.1. The van der Waals surface area contributed by atoms with Crippen LogP contribution in [0, 0.1) is 5.82 Å². The van der Waals surface area contributed by atoms with Crippen LogP contribution in [0.15, 0.2) is 59.0 Å². The number of anilines is 1. The van der Waals surface area contributed by atoms with Crippen molar-refractivity contribution in [3.63, 3.8) is 0 Å². The van der Waals surface area contributed by atoms with E-state index >= 15 is 0 Å². The van der Waals surface area contributed by atoms with Gasteiger partial charge in [-0.1, -0.05) is 18.2 Å². The van der Waals surface area contributed by atoms with Crippen LogP contribution < -0.4 is 5.32 Å². The summed E-state index contributed by atoms with van der Waals surface area (Å²) in [5.41, 5.74) is 1.37. The molecule has 0 bridgehead atoms. The minimum Gasteiger partial charge on any atom is -0.453 e. The third-order valence-electron chi connectivity index (χ3n) is 2.98. The molecule has 0 aliphatic carbocycles. The molecular formula is C16H12FNO2. The maximum absolute atomic E-state index is 13.1. The smallest absolute Gasteiger partial charge is 0.216 e. The normalized spacial score (nSPS) is 10.7. The first-order valence-electron chi connectivity index (χ1n) is 6.23. The van der Waals surface area contributed by atoms with E-state index in [1.807, 2.05) is 30.3 Å². The molecule has 0 aliphatic heterocycles. The van der Waals surface area contributed by atoms with E-state index in [2.05, 4.69) is 5.32 Å². The Hall–Kier alpha value is -2.62. The molecule has 1 N–H and O–H groups in total. The number of carbonyl (C=O) groups excluding carboxylic acids is 1. The molecule has 0 spiro atoms. The standard InChI is InChI=1S/C16H12FNO2/c17-12-6-7-15-11(8-12)9-16(20-15)14(19)10-18-13-4-2-1-3-5-13/h1-9,18H,10H2. The van der Waals surface area contributed by atoms with E-state index in [9.17, 15) is 9.18 Å². The zero-order chi connectivity index (χ0) is 13.9. The lowest BCUT2D eigenvalue weighted by molar-refractivity contribution is 0.0982. The van der Waals surface area contributed by atoms with Crippen molar-refractivity contribution in [2.45, 2.75) is 0 Å². The number of para-hydroxylation sites is 1. The van der Waals surface area contributed by atoms with E-state index in [-0.39, 0.29) is 23.9 Å². The molecule has 100 valence electrons. The van der Waals surface area contributed by atoms with Crippen molar-refractivity contribution in [1.29, 1.82) is 0 Å². The molecule has 1 heterocycles. The summed E-state index contributed by atoms with van der Waals surface area (Å²) in [6.07, 6.45) is 0. The minimum absolute atomic E-state index is 0.131. The van der Waals surface area contributed by atoms with Crippen LogP contribution in [0.3, 0.4) is 0 Å². The van der Waals surface area contributed by atoms with Crippen molar-refractivity contribution >= 4 is 22.4 Å². The second-order valence-electron chi connectivity index (χ2n) is 4.44. The summed E-state index contributed by atoms with van der Waals surface area (Å²) in [6.45, 7) is 0.131. The predicted octanol–water partition coefficient (Wildman–Crippen LogP) is 3.87. The van der Waals surface area contributed by atoms with Gasteiger partial charge in [0.1, 0.15) is 11.4 Å². The number of halogens is 1. The third kappa shape index (κ3) is 2.54. The molecular weight excluding hydrogens is 257 g/mol. The molecule has 0 atom stereocenters. The van der Waals surface area contributed by atoms with Crippen LogP contribution in [0.25, 0.3) is 11.0 Å². The van der Waals surface area contributed by atoms with Crippen molar-refractivity contribution < 1.29 is 13.6 Å². The Balaban J connectivity index is 1.75. The Morgan fingerprint density at radius 2 is 1.90 bits per heavy atom. The fraction of sp³-hybridized carbons (Fsp3) is 0.0625. The summed E-state index contributed by atoms with van der Waals surface area (Å²) in [5, 5.41) is 3.61. The van der Waals surface area contributed by atoms with E-state index < -0.39 is 0 Å². The predicted molar refractivity (Wildman–Crippen MR) is 75.4 cm³/mol. The Morgan fingerprint density at radius 3 is 2.70 bits per heavy atom. The Morgan fingerprint density at radius 1 is 1.10 bits per heavy atom. The molecule has 0 unspecified atom stereocenters. The average molecular weight is 269 g/mol. The molecule has 1 aromatic heterocycles. The molecule has 0 radical (unpaired) electrons. The van der Waals surface area contributed by atoms with Crippen molar-refractivity contribution in [3.8, 4) is 0 Å². The van der Waals surface area contributed by atoms with Gasteiger partial charge in [-0.25, -0.2) is 4.39 Å². The molecule has 2 aromatic carbocycles. The van der Waals surface area contributed by atoms with E-state index in [1.54, 1.807) is 6.07 Å². The topological polar surface area (TPSA) is 42.2 Å². The second kappa shape index (κ2) is 5.17. The van der Waals surface area contributed by atoms with Crippen molar-refractivity contribution in [2.75, 3.05) is 11.9 Å².